The van der Waals surface area contributed by atoms with Crippen LogP contribution in [0.1, 0.15) is 18.1 Å². The zero-order valence-corrected chi connectivity index (χ0v) is 12.9. The number of nitrogens with one attached hydrogen (secondary N) is 2. The summed E-state index contributed by atoms with van der Waals surface area (Å²) in [5.74, 6) is 1.05. The number of nitrogens with zero attached hydrogens (tertiary/aromatic N) is 2. The summed E-state index contributed by atoms with van der Waals surface area (Å²) in [5.41, 5.74) is 0.724. The number of anilines is 1. The lowest BCUT2D eigenvalue weighted by molar-refractivity contribution is -0.121. The van der Waals surface area contributed by atoms with Crippen molar-refractivity contribution in [2.75, 3.05) is 25.5 Å². The quantitative estimate of drug-likeness (QED) is 0.676. The molecule has 0 saturated heterocycles. The molecule has 2 rings (SSSR count). The third kappa shape index (κ3) is 5.55. The van der Waals surface area contributed by atoms with Crippen LogP contribution in [0, 0.1) is 0 Å². The molecule has 0 bridgehead atoms. The van der Waals surface area contributed by atoms with E-state index in [9.17, 15) is 9.90 Å². The summed E-state index contributed by atoms with van der Waals surface area (Å²) in [6, 6.07) is 8.79. The first kappa shape index (κ1) is 16.7. The number of hydrogen-bond donors (Lipinski definition) is 3. The molecular formula is C16H20N4O3. The number of hydrogen-bond acceptors (Lipinski definition) is 6. The number of amides is 1. The number of aliphatic hydroxyl groups is 1. The van der Waals surface area contributed by atoms with Crippen molar-refractivity contribution in [3.05, 3.63) is 48.3 Å². The second-order valence-electron chi connectivity index (χ2n) is 4.84. The van der Waals surface area contributed by atoms with Crippen LogP contribution in [0.25, 0.3) is 0 Å². The standard InChI is InChI=1S/C16H20N4O3/c1-23-13-5-3-12(4-6-13)14(21)11-20-15(22)7-10-19-16-17-8-2-9-18-16/h2-6,8-9,14,21H,7,10-11H2,1H3,(H,20,22)(H,17,18,19). The molecule has 122 valence electrons. The maximum Gasteiger partial charge on any atom is 0.222 e. The largest absolute Gasteiger partial charge is 0.497 e. The number of aromatic nitrogens is 2. The predicted molar refractivity (Wildman–Crippen MR) is 86.1 cm³/mol. The molecule has 0 aliphatic heterocycles. The fraction of sp³-hybridized carbons (Fsp3) is 0.312. The monoisotopic (exact) mass is 316 g/mol. The Bertz CT molecular complexity index is 604. The van der Waals surface area contributed by atoms with Gasteiger partial charge in [0.05, 0.1) is 13.2 Å². The molecule has 7 heteroatoms. The molecule has 7 nitrogen and oxygen atoms in total. The number of benzene rings is 1. The van der Waals surface area contributed by atoms with Crippen molar-refractivity contribution in [3.8, 4) is 5.75 Å². The molecule has 1 heterocycles. The normalized spacial score (nSPS) is 11.6. The van der Waals surface area contributed by atoms with E-state index in [0.29, 0.717) is 12.5 Å². The van der Waals surface area contributed by atoms with Gasteiger partial charge < -0.3 is 20.5 Å². The SMILES string of the molecule is COc1ccc(C(O)CNC(=O)CCNc2ncccn2)cc1. The highest BCUT2D eigenvalue weighted by atomic mass is 16.5. The lowest BCUT2D eigenvalue weighted by Crippen LogP contribution is -2.29. The van der Waals surface area contributed by atoms with Gasteiger partial charge in [-0.15, -0.1) is 0 Å². The number of methoxy groups -OCH3 is 1. The van der Waals surface area contributed by atoms with Gasteiger partial charge in [-0.1, -0.05) is 12.1 Å². The van der Waals surface area contributed by atoms with Crippen molar-refractivity contribution < 1.29 is 14.6 Å². The first-order chi connectivity index (χ1) is 11.2. The van der Waals surface area contributed by atoms with Crippen LogP contribution in [-0.2, 0) is 4.79 Å². The fourth-order valence-electron chi connectivity index (χ4n) is 1.92. The highest BCUT2D eigenvalue weighted by molar-refractivity contribution is 5.76. The van der Waals surface area contributed by atoms with Gasteiger partial charge in [-0.2, -0.15) is 0 Å². The zero-order chi connectivity index (χ0) is 16.5. The van der Waals surface area contributed by atoms with Gasteiger partial charge in [-0.05, 0) is 23.8 Å². The van der Waals surface area contributed by atoms with E-state index in [0.717, 1.165) is 11.3 Å². The van der Waals surface area contributed by atoms with Crippen molar-refractivity contribution in [2.24, 2.45) is 0 Å². The van der Waals surface area contributed by atoms with Crippen LogP contribution in [0.4, 0.5) is 5.95 Å². The van der Waals surface area contributed by atoms with E-state index in [-0.39, 0.29) is 18.9 Å². The van der Waals surface area contributed by atoms with E-state index < -0.39 is 6.10 Å². The molecule has 1 aromatic carbocycles. The van der Waals surface area contributed by atoms with E-state index in [4.69, 9.17) is 4.74 Å². The van der Waals surface area contributed by atoms with Crippen molar-refractivity contribution in [3.63, 3.8) is 0 Å². The Morgan fingerprint density at radius 2 is 1.96 bits per heavy atom. The van der Waals surface area contributed by atoms with E-state index in [1.165, 1.54) is 0 Å². The van der Waals surface area contributed by atoms with Gasteiger partial charge in [0.1, 0.15) is 5.75 Å². The van der Waals surface area contributed by atoms with Crippen molar-refractivity contribution >= 4 is 11.9 Å². The van der Waals surface area contributed by atoms with Crippen LogP contribution in [-0.4, -0.2) is 41.2 Å². The van der Waals surface area contributed by atoms with E-state index >= 15 is 0 Å². The third-order valence-electron chi connectivity index (χ3n) is 3.19. The van der Waals surface area contributed by atoms with Gasteiger partial charge >= 0.3 is 0 Å². The topological polar surface area (TPSA) is 96.4 Å². The van der Waals surface area contributed by atoms with Crippen LogP contribution in [0.15, 0.2) is 42.7 Å². The third-order valence-corrected chi connectivity index (χ3v) is 3.19. The van der Waals surface area contributed by atoms with Crippen LogP contribution in [0.5, 0.6) is 5.75 Å². The minimum absolute atomic E-state index is 0.152. The van der Waals surface area contributed by atoms with Gasteiger partial charge in [0, 0.05) is 31.9 Å². The number of carbonyl (C=O) groups excluding carboxylic acids is 1. The van der Waals surface area contributed by atoms with Crippen molar-refractivity contribution in [1.82, 2.24) is 15.3 Å². The van der Waals surface area contributed by atoms with Crippen molar-refractivity contribution in [1.29, 1.82) is 0 Å². The molecule has 0 radical (unpaired) electrons. The van der Waals surface area contributed by atoms with Gasteiger partial charge in [0.25, 0.3) is 0 Å². The minimum Gasteiger partial charge on any atom is -0.497 e. The molecule has 2 aromatic rings. The molecule has 23 heavy (non-hydrogen) atoms. The summed E-state index contributed by atoms with van der Waals surface area (Å²) < 4.78 is 5.06. The maximum atomic E-state index is 11.7. The molecule has 0 saturated carbocycles. The Morgan fingerprint density at radius 1 is 1.26 bits per heavy atom. The Kier molecular flexibility index (Phi) is 6.31. The molecule has 0 fully saturated rings. The zero-order valence-electron chi connectivity index (χ0n) is 12.9. The Labute approximate surface area is 134 Å². The first-order valence-corrected chi connectivity index (χ1v) is 7.28. The highest BCUT2D eigenvalue weighted by Crippen LogP contribution is 2.16. The predicted octanol–water partition coefficient (Wildman–Crippen LogP) is 1.14. The van der Waals surface area contributed by atoms with Gasteiger partial charge in [0.2, 0.25) is 11.9 Å². The molecule has 1 unspecified atom stereocenters. The van der Waals surface area contributed by atoms with Crippen molar-refractivity contribution in [2.45, 2.75) is 12.5 Å². The smallest absolute Gasteiger partial charge is 0.222 e. The second kappa shape index (κ2) is 8.70. The lowest BCUT2D eigenvalue weighted by atomic mass is 10.1. The summed E-state index contributed by atoms with van der Waals surface area (Å²) in [5, 5.41) is 15.7. The second-order valence-corrected chi connectivity index (χ2v) is 4.84. The molecule has 1 aromatic heterocycles. The van der Waals surface area contributed by atoms with E-state index in [1.807, 2.05) is 0 Å². The lowest BCUT2D eigenvalue weighted by Gasteiger charge is -2.13. The summed E-state index contributed by atoms with van der Waals surface area (Å²) >= 11 is 0. The van der Waals surface area contributed by atoms with E-state index in [2.05, 4.69) is 20.6 Å². The van der Waals surface area contributed by atoms with Crippen LogP contribution >= 0.6 is 0 Å². The highest BCUT2D eigenvalue weighted by Gasteiger charge is 2.09. The molecule has 1 amide bonds. The van der Waals surface area contributed by atoms with Gasteiger partial charge in [-0.25, -0.2) is 9.97 Å². The number of rotatable bonds is 8. The maximum absolute atomic E-state index is 11.7. The number of aliphatic hydroxyl groups excluding tert-OH is 1. The fourth-order valence-corrected chi connectivity index (χ4v) is 1.92. The Morgan fingerprint density at radius 3 is 2.61 bits per heavy atom. The van der Waals surface area contributed by atoms with E-state index in [1.54, 1.807) is 49.8 Å². The molecule has 3 N–H and O–H groups in total. The van der Waals surface area contributed by atoms with Gasteiger partial charge in [-0.3, -0.25) is 4.79 Å². The van der Waals surface area contributed by atoms with Crippen LogP contribution in [0.3, 0.4) is 0 Å². The average molecular weight is 316 g/mol. The van der Waals surface area contributed by atoms with Crippen LogP contribution < -0.4 is 15.4 Å². The summed E-state index contributed by atoms with van der Waals surface area (Å²) in [6.07, 6.45) is 2.77. The number of carbonyl (C=O) groups is 1. The van der Waals surface area contributed by atoms with Gasteiger partial charge in [0.15, 0.2) is 0 Å². The Hall–Kier alpha value is -2.67. The molecular weight excluding hydrogens is 296 g/mol. The minimum atomic E-state index is -0.754. The molecule has 0 aliphatic rings. The summed E-state index contributed by atoms with van der Waals surface area (Å²) in [6.45, 7) is 0.585. The number of ether oxygens (including phenoxy) is 1. The average Bonchev–Trinajstić information content (AvgIpc) is 2.60. The summed E-state index contributed by atoms with van der Waals surface area (Å²) in [4.78, 5) is 19.7. The first-order valence-electron chi connectivity index (χ1n) is 7.28. The Balaban J connectivity index is 1.68. The molecule has 1 atom stereocenters. The molecule has 0 aliphatic carbocycles. The molecule has 0 spiro atoms. The summed E-state index contributed by atoms with van der Waals surface area (Å²) in [7, 11) is 1.58. The van der Waals surface area contributed by atoms with Crippen LogP contribution in [0.2, 0.25) is 0 Å².